The minimum atomic E-state index is -3.75. The van der Waals surface area contributed by atoms with Gasteiger partial charge in [0.1, 0.15) is 0 Å². The maximum atomic E-state index is 12.4. The molecule has 5 nitrogen and oxygen atoms in total. The third-order valence-corrected chi connectivity index (χ3v) is 4.83. The molecular formula is C13H13BrN2O3S. The Morgan fingerprint density at radius 3 is 2.75 bits per heavy atom. The molecular weight excluding hydrogens is 344 g/mol. The molecule has 0 aliphatic carbocycles. The van der Waals surface area contributed by atoms with Crippen LogP contribution in [0.2, 0.25) is 0 Å². The minimum Gasteiger partial charge on any atom is -0.392 e. The zero-order valence-corrected chi connectivity index (χ0v) is 13.1. The Kier molecular flexibility index (Phi) is 4.42. The van der Waals surface area contributed by atoms with Crippen molar-refractivity contribution in [2.24, 2.45) is 0 Å². The number of rotatable bonds is 4. The zero-order valence-electron chi connectivity index (χ0n) is 10.7. The molecule has 7 heteroatoms. The van der Waals surface area contributed by atoms with Crippen LogP contribution in [0.1, 0.15) is 11.1 Å². The molecule has 0 saturated carbocycles. The minimum absolute atomic E-state index is 0.126. The number of aryl methyl sites for hydroxylation is 1. The van der Waals surface area contributed by atoms with E-state index < -0.39 is 10.0 Å². The van der Waals surface area contributed by atoms with Crippen molar-refractivity contribution in [1.29, 1.82) is 0 Å². The topological polar surface area (TPSA) is 79.3 Å². The molecule has 0 aliphatic rings. The fourth-order valence-corrected chi connectivity index (χ4v) is 3.49. The Balaban J connectivity index is 2.43. The molecule has 0 amide bonds. The van der Waals surface area contributed by atoms with Crippen LogP contribution in [0.3, 0.4) is 0 Å². The largest absolute Gasteiger partial charge is 0.392 e. The van der Waals surface area contributed by atoms with Gasteiger partial charge >= 0.3 is 0 Å². The second kappa shape index (κ2) is 5.90. The van der Waals surface area contributed by atoms with E-state index in [2.05, 4.69) is 25.6 Å². The van der Waals surface area contributed by atoms with Crippen LogP contribution >= 0.6 is 15.9 Å². The van der Waals surface area contributed by atoms with Gasteiger partial charge in [-0.25, -0.2) is 13.4 Å². The molecule has 106 valence electrons. The van der Waals surface area contributed by atoms with E-state index >= 15 is 0 Å². The normalized spacial score (nSPS) is 11.3. The molecule has 1 heterocycles. The van der Waals surface area contributed by atoms with Gasteiger partial charge in [0, 0.05) is 6.20 Å². The van der Waals surface area contributed by atoms with Crippen molar-refractivity contribution in [3.05, 3.63) is 52.1 Å². The van der Waals surface area contributed by atoms with E-state index in [1.807, 2.05) is 0 Å². The summed E-state index contributed by atoms with van der Waals surface area (Å²) in [4.78, 5) is 4.10. The summed E-state index contributed by atoms with van der Waals surface area (Å²) in [5, 5.41) is 9.12. The lowest BCUT2D eigenvalue weighted by molar-refractivity contribution is 0.281. The van der Waals surface area contributed by atoms with Crippen LogP contribution in [0.15, 0.2) is 45.9 Å². The van der Waals surface area contributed by atoms with E-state index in [-0.39, 0.29) is 17.3 Å². The Bertz CT molecular complexity index is 732. The lowest BCUT2D eigenvalue weighted by Gasteiger charge is -2.11. The van der Waals surface area contributed by atoms with Crippen LogP contribution in [0.4, 0.5) is 5.82 Å². The van der Waals surface area contributed by atoms with Crippen LogP contribution < -0.4 is 4.72 Å². The summed E-state index contributed by atoms with van der Waals surface area (Å²) in [5.74, 6) is 0.223. The summed E-state index contributed by atoms with van der Waals surface area (Å²) >= 11 is 3.24. The first kappa shape index (κ1) is 15.0. The molecule has 0 aliphatic heterocycles. The first-order chi connectivity index (χ1) is 9.44. The predicted molar refractivity (Wildman–Crippen MR) is 79.8 cm³/mol. The fraction of sp³-hybridized carbons (Fsp3) is 0.154. The third-order valence-electron chi connectivity index (χ3n) is 2.71. The van der Waals surface area contributed by atoms with Crippen LogP contribution in [-0.4, -0.2) is 18.5 Å². The highest BCUT2D eigenvalue weighted by atomic mass is 79.9. The summed E-state index contributed by atoms with van der Waals surface area (Å²) in [7, 11) is -3.75. The number of hydrogen-bond acceptors (Lipinski definition) is 4. The van der Waals surface area contributed by atoms with Crippen molar-refractivity contribution in [2.45, 2.75) is 18.4 Å². The standard InChI is InChI=1S/C13H13BrN2O3S/c1-9-4-5-10(8-17)7-12(9)20(18,19)16-13-11(14)3-2-6-15-13/h2-7,17H,8H2,1H3,(H,15,16). The van der Waals surface area contributed by atoms with Crippen molar-refractivity contribution in [2.75, 3.05) is 4.72 Å². The smallest absolute Gasteiger partial charge is 0.263 e. The summed E-state index contributed by atoms with van der Waals surface area (Å²) < 4.78 is 27.8. The van der Waals surface area contributed by atoms with Crippen molar-refractivity contribution < 1.29 is 13.5 Å². The number of nitrogens with zero attached hydrogens (tertiary/aromatic N) is 1. The molecule has 2 N–H and O–H groups in total. The number of anilines is 1. The van der Waals surface area contributed by atoms with Gasteiger partial charge in [-0.2, -0.15) is 0 Å². The van der Waals surface area contributed by atoms with Crippen LogP contribution in [0, 0.1) is 6.92 Å². The van der Waals surface area contributed by atoms with Gasteiger partial charge in [0.15, 0.2) is 5.82 Å². The molecule has 0 saturated heterocycles. The van der Waals surface area contributed by atoms with Gasteiger partial charge in [0.05, 0.1) is 16.0 Å². The molecule has 0 radical (unpaired) electrons. The van der Waals surface area contributed by atoms with Crippen molar-refractivity contribution >= 4 is 31.8 Å². The molecule has 2 aromatic rings. The lowest BCUT2D eigenvalue weighted by Crippen LogP contribution is -2.15. The average molecular weight is 357 g/mol. The van der Waals surface area contributed by atoms with Gasteiger partial charge in [0.25, 0.3) is 10.0 Å². The number of pyridine rings is 1. The number of aliphatic hydroxyl groups is 1. The zero-order chi connectivity index (χ0) is 14.8. The number of hydrogen-bond donors (Lipinski definition) is 2. The number of aromatic nitrogens is 1. The highest BCUT2D eigenvalue weighted by Crippen LogP contribution is 2.24. The fourth-order valence-electron chi connectivity index (χ4n) is 1.68. The number of sulfonamides is 1. The van der Waals surface area contributed by atoms with Gasteiger partial charge in [0.2, 0.25) is 0 Å². The molecule has 0 fully saturated rings. The van der Waals surface area contributed by atoms with Crippen molar-refractivity contribution in [3.8, 4) is 0 Å². The van der Waals surface area contributed by atoms with Crippen LogP contribution in [-0.2, 0) is 16.6 Å². The molecule has 20 heavy (non-hydrogen) atoms. The SMILES string of the molecule is Cc1ccc(CO)cc1S(=O)(=O)Nc1ncccc1Br. The summed E-state index contributed by atoms with van der Waals surface area (Å²) in [6.45, 7) is 1.49. The third kappa shape index (κ3) is 3.17. The van der Waals surface area contributed by atoms with E-state index in [0.717, 1.165) is 0 Å². The Hall–Kier alpha value is -1.44. The second-order valence-corrected chi connectivity index (χ2v) is 6.70. The van der Waals surface area contributed by atoms with E-state index in [9.17, 15) is 8.42 Å². The molecule has 1 aromatic carbocycles. The number of halogens is 1. The molecule has 1 aromatic heterocycles. The molecule has 0 spiro atoms. The molecule has 0 bridgehead atoms. The van der Waals surface area contributed by atoms with E-state index in [4.69, 9.17) is 5.11 Å². The van der Waals surface area contributed by atoms with Gasteiger partial charge in [-0.3, -0.25) is 4.72 Å². The van der Waals surface area contributed by atoms with Gasteiger partial charge in [-0.1, -0.05) is 12.1 Å². The maximum Gasteiger partial charge on any atom is 0.263 e. The lowest BCUT2D eigenvalue weighted by atomic mass is 10.2. The number of benzene rings is 1. The molecule has 0 unspecified atom stereocenters. The summed E-state index contributed by atoms with van der Waals surface area (Å²) in [6.07, 6.45) is 1.50. The highest BCUT2D eigenvalue weighted by molar-refractivity contribution is 9.10. The first-order valence-corrected chi connectivity index (χ1v) is 8.05. The Morgan fingerprint density at radius 2 is 2.10 bits per heavy atom. The van der Waals surface area contributed by atoms with Crippen LogP contribution in [0.5, 0.6) is 0 Å². The van der Waals surface area contributed by atoms with Crippen LogP contribution in [0.25, 0.3) is 0 Å². The van der Waals surface area contributed by atoms with Crippen molar-refractivity contribution in [1.82, 2.24) is 4.98 Å². The quantitative estimate of drug-likeness (QED) is 0.881. The Morgan fingerprint density at radius 1 is 1.35 bits per heavy atom. The predicted octanol–water partition coefficient (Wildman–Crippen LogP) is 2.45. The monoisotopic (exact) mass is 356 g/mol. The van der Waals surface area contributed by atoms with Gasteiger partial charge in [-0.15, -0.1) is 0 Å². The molecule has 2 rings (SSSR count). The van der Waals surface area contributed by atoms with Gasteiger partial charge < -0.3 is 5.11 Å². The first-order valence-electron chi connectivity index (χ1n) is 5.78. The van der Waals surface area contributed by atoms with E-state index in [0.29, 0.717) is 15.6 Å². The average Bonchev–Trinajstić information content (AvgIpc) is 2.41. The summed E-state index contributed by atoms with van der Waals surface area (Å²) in [6, 6.07) is 8.19. The molecule has 0 atom stereocenters. The number of aliphatic hydroxyl groups excluding tert-OH is 1. The Labute approximate surface area is 125 Å². The summed E-state index contributed by atoms with van der Waals surface area (Å²) in [5.41, 5.74) is 1.14. The second-order valence-electron chi connectivity index (χ2n) is 4.20. The van der Waals surface area contributed by atoms with Gasteiger partial charge in [-0.05, 0) is 52.2 Å². The van der Waals surface area contributed by atoms with E-state index in [1.165, 1.54) is 12.3 Å². The van der Waals surface area contributed by atoms with E-state index in [1.54, 1.807) is 31.2 Å². The highest BCUT2D eigenvalue weighted by Gasteiger charge is 2.19. The maximum absolute atomic E-state index is 12.4. The number of nitrogens with one attached hydrogen (secondary N) is 1. The van der Waals surface area contributed by atoms with Crippen molar-refractivity contribution in [3.63, 3.8) is 0 Å².